The molecule has 6 nitrogen and oxygen atoms in total. The monoisotopic (exact) mass is 370 g/mol. The minimum Gasteiger partial charge on any atom is -0.494 e. The molecule has 3 rings (SSSR count). The normalized spacial score (nSPS) is 10.5. The Morgan fingerprint density at radius 3 is 2.56 bits per heavy atom. The lowest BCUT2D eigenvalue weighted by atomic mass is 10.2. The fourth-order valence-corrected chi connectivity index (χ4v) is 2.53. The zero-order chi connectivity index (χ0) is 19.4. The second-order valence-electron chi connectivity index (χ2n) is 5.91. The van der Waals surface area contributed by atoms with Crippen LogP contribution in [0, 0.1) is 19.7 Å². The number of rotatable bonds is 6. The second-order valence-corrected chi connectivity index (χ2v) is 5.91. The molecule has 0 unspecified atom stereocenters. The van der Waals surface area contributed by atoms with Crippen LogP contribution in [0.1, 0.15) is 27.4 Å². The molecule has 27 heavy (non-hydrogen) atoms. The molecule has 0 atom stereocenters. The molecule has 3 aromatic rings. The first kappa shape index (κ1) is 18.4. The van der Waals surface area contributed by atoms with E-state index in [0.29, 0.717) is 23.6 Å². The smallest absolute Gasteiger partial charge is 0.255 e. The molecule has 0 radical (unpaired) electrons. The van der Waals surface area contributed by atoms with Crippen molar-refractivity contribution >= 4 is 11.6 Å². The number of benzene rings is 2. The molecule has 1 aromatic heterocycles. The van der Waals surface area contributed by atoms with Crippen LogP contribution in [-0.2, 0) is 6.61 Å². The van der Waals surface area contributed by atoms with E-state index in [4.69, 9.17) is 14.0 Å². The maximum atomic E-state index is 13.2. The molecule has 0 aliphatic rings. The first-order valence-corrected chi connectivity index (χ1v) is 8.27. The number of hydrogen-bond acceptors (Lipinski definition) is 5. The Labute approximate surface area is 155 Å². The van der Waals surface area contributed by atoms with Crippen LogP contribution in [0.25, 0.3) is 0 Å². The van der Waals surface area contributed by atoms with E-state index in [1.807, 2.05) is 13.8 Å². The third-order valence-electron chi connectivity index (χ3n) is 4.09. The zero-order valence-electron chi connectivity index (χ0n) is 15.2. The number of carbonyl (C=O) groups is 1. The minimum absolute atomic E-state index is 0.253. The van der Waals surface area contributed by atoms with Crippen LogP contribution in [0.5, 0.6) is 11.5 Å². The Morgan fingerprint density at radius 1 is 1.19 bits per heavy atom. The molecule has 1 heterocycles. The van der Waals surface area contributed by atoms with E-state index in [2.05, 4.69) is 10.5 Å². The van der Waals surface area contributed by atoms with Gasteiger partial charge in [0, 0.05) is 11.6 Å². The quantitative estimate of drug-likeness (QED) is 0.701. The van der Waals surface area contributed by atoms with Crippen molar-refractivity contribution in [2.75, 3.05) is 12.4 Å². The topological polar surface area (TPSA) is 73.6 Å². The van der Waals surface area contributed by atoms with Gasteiger partial charge in [0.05, 0.1) is 24.1 Å². The average Bonchev–Trinajstić information content (AvgIpc) is 2.99. The molecule has 1 amide bonds. The summed E-state index contributed by atoms with van der Waals surface area (Å²) in [5, 5.41) is 6.59. The van der Waals surface area contributed by atoms with E-state index in [0.717, 1.165) is 17.0 Å². The predicted molar refractivity (Wildman–Crippen MR) is 97.7 cm³/mol. The molecule has 0 bridgehead atoms. The summed E-state index contributed by atoms with van der Waals surface area (Å²) in [7, 11) is 1.41. The highest BCUT2D eigenvalue weighted by molar-refractivity contribution is 6.05. The van der Waals surface area contributed by atoms with Gasteiger partial charge in [0.25, 0.3) is 5.91 Å². The lowest BCUT2D eigenvalue weighted by Gasteiger charge is -2.11. The van der Waals surface area contributed by atoms with Crippen LogP contribution in [0.2, 0.25) is 0 Å². The molecular weight excluding hydrogens is 351 g/mol. The maximum Gasteiger partial charge on any atom is 0.255 e. The van der Waals surface area contributed by atoms with Crippen LogP contribution in [0.3, 0.4) is 0 Å². The number of anilines is 1. The van der Waals surface area contributed by atoms with Gasteiger partial charge in [0.15, 0.2) is 0 Å². The fraction of sp³-hybridized carbons (Fsp3) is 0.200. The van der Waals surface area contributed by atoms with Gasteiger partial charge < -0.3 is 19.3 Å². The molecule has 0 saturated heterocycles. The number of ether oxygens (including phenoxy) is 2. The minimum atomic E-state index is -0.440. The largest absolute Gasteiger partial charge is 0.494 e. The summed E-state index contributed by atoms with van der Waals surface area (Å²) in [5.74, 6) is 0.812. The Morgan fingerprint density at radius 2 is 1.93 bits per heavy atom. The molecule has 0 spiro atoms. The van der Waals surface area contributed by atoms with Gasteiger partial charge in [-0.05, 0) is 50.2 Å². The average molecular weight is 370 g/mol. The van der Waals surface area contributed by atoms with Gasteiger partial charge in [-0.3, -0.25) is 4.79 Å². The summed E-state index contributed by atoms with van der Waals surface area (Å²) in [6.07, 6.45) is 0. The highest BCUT2D eigenvalue weighted by Gasteiger charge is 2.12. The van der Waals surface area contributed by atoms with Gasteiger partial charge in [-0.25, -0.2) is 4.39 Å². The van der Waals surface area contributed by atoms with Gasteiger partial charge in [-0.15, -0.1) is 0 Å². The van der Waals surface area contributed by atoms with Crippen LogP contribution in [0.4, 0.5) is 10.1 Å². The number of aryl methyl sites for hydroxylation is 2. The molecule has 2 aromatic carbocycles. The Balaban J connectivity index is 1.65. The summed E-state index contributed by atoms with van der Waals surface area (Å²) in [6.45, 7) is 4.02. The van der Waals surface area contributed by atoms with E-state index < -0.39 is 5.82 Å². The number of methoxy groups -OCH3 is 1. The number of carbonyl (C=O) groups excluding carboxylic acids is 1. The molecule has 0 saturated carbocycles. The summed E-state index contributed by atoms with van der Waals surface area (Å²) in [6, 6.07) is 10.6. The van der Waals surface area contributed by atoms with E-state index in [-0.39, 0.29) is 11.7 Å². The molecular formula is C20H19FN2O4. The van der Waals surface area contributed by atoms with Gasteiger partial charge >= 0.3 is 0 Å². The Bertz CT molecular complexity index is 932. The third-order valence-corrected chi connectivity index (χ3v) is 4.09. The first-order chi connectivity index (χ1) is 13.0. The van der Waals surface area contributed by atoms with Crippen molar-refractivity contribution < 1.29 is 23.2 Å². The SMILES string of the molecule is COc1cc(F)ccc1NC(=O)c1ccc(OCc2c(C)noc2C)cc1. The van der Waals surface area contributed by atoms with Gasteiger partial charge in [0.1, 0.15) is 29.7 Å². The molecule has 0 aliphatic carbocycles. The van der Waals surface area contributed by atoms with E-state index in [1.54, 1.807) is 24.3 Å². The number of nitrogens with zero attached hydrogens (tertiary/aromatic N) is 1. The zero-order valence-corrected chi connectivity index (χ0v) is 15.2. The number of aromatic nitrogens is 1. The highest BCUT2D eigenvalue weighted by Crippen LogP contribution is 2.26. The third kappa shape index (κ3) is 4.25. The van der Waals surface area contributed by atoms with Crippen molar-refractivity contribution in [2.45, 2.75) is 20.5 Å². The number of amides is 1. The molecule has 0 fully saturated rings. The van der Waals surface area contributed by atoms with Crippen molar-refractivity contribution in [1.82, 2.24) is 5.16 Å². The number of nitrogens with one attached hydrogen (secondary N) is 1. The van der Waals surface area contributed by atoms with Crippen molar-refractivity contribution in [2.24, 2.45) is 0 Å². The van der Waals surface area contributed by atoms with Gasteiger partial charge in [-0.2, -0.15) is 0 Å². The summed E-state index contributed by atoms with van der Waals surface area (Å²) >= 11 is 0. The lowest BCUT2D eigenvalue weighted by molar-refractivity contribution is 0.102. The van der Waals surface area contributed by atoms with E-state index >= 15 is 0 Å². The van der Waals surface area contributed by atoms with Crippen LogP contribution < -0.4 is 14.8 Å². The predicted octanol–water partition coefficient (Wildman–Crippen LogP) is 4.27. The lowest BCUT2D eigenvalue weighted by Crippen LogP contribution is -2.12. The summed E-state index contributed by atoms with van der Waals surface area (Å²) in [4.78, 5) is 12.4. The standard InChI is InChI=1S/C20H19FN2O4/c1-12-17(13(2)27-23-12)11-26-16-7-4-14(5-8-16)20(24)22-18-9-6-15(21)10-19(18)25-3/h4-10H,11H2,1-3H3,(H,22,24). The molecule has 140 valence electrons. The van der Waals surface area contributed by atoms with Crippen molar-refractivity contribution in [3.05, 3.63) is 70.9 Å². The Kier molecular flexibility index (Phi) is 5.40. The maximum absolute atomic E-state index is 13.2. The van der Waals surface area contributed by atoms with Crippen LogP contribution in [-0.4, -0.2) is 18.2 Å². The van der Waals surface area contributed by atoms with Gasteiger partial charge in [0.2, 0.25) is 0 Å². The molecule has 0 aliphatic heterocycles. The van der Waals surface area contributed by atoms with E-state index in [1.165, 1.54) is 25.3 Å². The van der Waals surface area contributed by atoms with E-state index in [9.17, 15) is 9.18 Å². The van der Waals surface area contributed by atoms with Crippen molar-refractivity contribution in [1.29, 1.82) is 0 Å². The molecule has 7 heteroatoms. The van der Waals surface area contributed by atoms with Crippen molar-refractivity contribution in [3.63, 3.8) is 0 Å². The van der Waals surface area contributed by atoms with Crippen LogP contribution in [0.15, 0.2) is 47.0 Å². The van der Waals surface area contributed by atoms with Crippen molar-refractivity contribution in [3.8, 4) is 11.5 Å². The second kappa shape index (κ2) is 7.90. The van der Waals surface area contributed by atoms with Gasteiger partial charge in [-0.1, -0.05) is 5.16 Å². The first-order valence-electron chi connectivity index (χ1n) is 8.27. The fourth-order valence-electron chi connectivity index (χ4n) is 2.53. The Hall–Kier alpha value is -3.35. The summed E-state index contributed by atoms with van der Waals surface area (Å²) < 4.78 is 29.1. The highest BCUT2D eigenvalue weighted by atomic mass is 19.1. The number of hydrogen-bond donors (Lipinski definition) is 1. The number of halogens is 1. The van der Waals surface area contributed by atoms with Crippen LogP contribution >= 0.6 is 0 Å². The summed E-state index contributed by atoms with van der Waals surface area (Å²) in [5.41, 5.74) is 2.52. The molecule has 1 N–H and O–H groups in total.